The fraction of sp³-hybridized carbons (Fsp3) is 0.211. The Hall–Kier alpha value is -3.20. The van der Waals surface area contributed by atoms with Gasteiger partial charge in [-0.05, 0) is 55.3 Å². The number of carbonyl (C=O) groups is 1. The fourth-order valence-corrected chi connectivity index (χ4v) is 2.07. The highest BCUT2D eigenvalue weighted by Gasteiger charge is 2.14. The van der Waals surface area contributed by atoms with E-state index in [0.29, 0.717) is 23.4 Å². The smallest absolute Gasteiger partial charge is 0.280 e. The van der Waals surface area contributed by atoms with Gasteiger partial charge in [-0.3, -0.25) is 4.79 Å². The highest BCUT2D eigenvalue weighted by atomic mass is 19.1. The van der Waals surface area contributed by atoms with Crippen molar-refractivity contribution in [3.05, 3.63) is 65.5 Å². The van der Waals surface area contributed by atoms with Crippen molar-refractivity contribution < 1.29 is 13.9 Å². The number of hydrogen-bond donors (Lipinski definition) is 1. The van der Waals surface area contributed by atoms with Gasteiger partial charge >= 0.3 is 0 Å². The lowest BCUT2D eigenvalue weighted by Gasteiger charge is -2.13. The molecule has 2 rings (SSSR count). The van der Waals surface area contributed by atoms with E-state index in [2.05, 4.69) is 10.5 Å². The van der Waals surface area contributed by atoms with Crippen LogP contribution in [-0.4, -0.2) is 17.7 Å². The molecule has 25 heavy (non-hydrogen) atoms. The maximum absolute atomic E-state index is 13.0. The van der Waals surface area contributed by atoms with E-state index in [1.165, 1.54) is 12.1 Å². The van der Waals surface area contributed by atoms with Crippen LogP contribution in [0.2, 0.25) is 0 Å². The van der Waals surface area contributed by atoms with Gasteiger partial charge in [0.05, 0.1) is 17.3 Å². The summed E-state index contributed by atoms with van der Waals surface area (Å²) >= 11 is 0. The van der Waals surface area contributed by atoms with Gasteiger partial charge in [0.25, 0.3) is 5.91 Å². The Kier molecular flexibility index (Phi) is 6.24. The minimum Gasteiger partial charge on any atom is -0.481 e. The van der Waals surface area contributed by atoms with Gasteiger partial charge in [0.1, 0.15) is 11.6 Å². The summed E-state index contributed by atoms with van der Waals surface area (Å²) in [6, 6.07) is 14.4. The number of nitriles is 1. The van der Waals surface area contributed by atoms with Crippen LogP contribution in [0.1, 0.15) is 31.4 Å². The van der Waals surface area contributed by atoms with Crippen LogP contribution in [-0.2, 0) is 4.79 Å². The average molecular weight is 339 g/mol. The van der Waals surface area contributed by atoms with E-state index in [9.17, 15) is 9.18 Å². The molecule has 1 unspecified atom stereocenters. The largest absolute Gasteiger partial charge is 0.481 e. The summed E-state index contributed by atoms with van der Waals surface area (Å²) in [5.74, 6) is -0.245. The first-order valence-electron chi connectivity index (χ1n) is 7.82. The van der Waals surface area contributed by atoms with Crippen LogP contribution >= 0.6 is 0 Å². The number of benzene rings is 2. The summed E-state index contributed by atoms with van der Waals surface area (Å²) in [6.07, 6.45) is -0.181. The molecule has 1 N–H and O–H groups in total. The van der Waals surface area contributed by atoms with E-state index in [0.717, 1.165) is 5.56 Å². The summed E-state index contributed by atoms with van der Waals surface area (Å²) in [7, 11) is 0. The van der Waals surface area contributed by atoms with E-state index in [1.807, 2.05) is 13.0 Å². The Morgan fingerprint density at radius 3 is 2.44 bits per heavy atom. The topological polar surface area (TPSA) is 74.5 Å². The summed E-state index contributed by atoms with van der Waals surface area (Å²) in [6.45, 7) is 3.50. The van der Waals surface area contributed by atoms with Gasteiger partial charge < -0.3 is 4.74 Å². The molecule has 0 aliphatic rings. The molecule has 0 spiro atoms. The molecule has 0 bridgehead atoms. The van der Waals surface area contributed by atoms with Crippen molar-refractivity contribution in [2.24, 2.45) is 5.10 Å². The zero-order chi connectivity index (χ0) is 18.2. The Balaban J connectivity index is 1.99. The second kappa shape index (κ2) is 8.60. The highest BCUT2D eigenvalue weighted by molar-refractivity contribution is 6.01. The first-order valence-corrected chi connectivity index (χ1v) is 7.82. The summed E-state index contributed by atoms with van der Waals surface area (Å²) < 4.78 is 18.5. The van der Waals surface area contributed by atoms with Crippen molar-refractivity contribution in [2.45, 2.75) is 26.4 Å². The zero-order valence-corrected chi connectivity index (χ0v) is 14.0. The third-order valence-electron chi connectivity index (χ3n) is 3.48. The lowest BCUT2D eigenvalue weighted by Crippen LogP contribution is -2.34. The van der Waals surface area contributed by atoms with E-state index >= 15 is 0 Å². The predicted octanol–water partition coefficient (Wildman–Crippen LogP) is 3.40. The Morgan fingerprint density at radius 2 is 1.88 bits per heavy atom. The zero-order valence-electron chi connectivity index (χ0n) is 14.0. The first kappa shape index (κ1) is 18.1. The molecule has 2 aromatic carbocycles. The number of nitrogens with one attached hydrogen (secondary N) is 1. The summed E-state index contributed by atoms with van der Waals surface area (Å²) in [5.41, 5.74) is 4.36. The molecule has 1 atom stereocenters. The van der Waals surface area contributed by atoms with E-state index in [-0.39, 0.29) is 5.82 Å². The lowest BCUT2D eigenvalue weighted by molar-refractivity contribution is -0.127. The quantitative estimate of drug-likeness (QED) is 0.647. The van der Waals surface area contributed by atoms with Gasteiger partial charge in [-0.2, -0.15) is 10.4 Å². The van der Waals surface area contributed by atoms with Gasteiger partial charge in [0.2, 0.25) is 0 Å². The summed E-state index contributed by atoms with van der Waals surface area (Å²) in [4.78, 5) is 12.1. The van der Waals surface area contributed by atoms with Gasteiger partial charge in [0, 0.05) is 0 Å². The minimum absolute atomic E-state index is 0.326. The number of nitrogens with zero attached hydrogens (tertiary/aromatic N) is 2. The van der Waals surface area contributed by atoms with Crippen LogP contribution in [0.3, 0.4) is 0 Å². The molecule has 0 aromatic heterocycles. The fourth-order valence-electron chi connectivity index (χ4n) is 2.07. The maximum atomic E-state index is 13.0. The molecule has 1 amide bonds. The maximum Gasteiger partial charge on any atom is 0.280 e. The number of amides is 1. The molecule has 0 saturated heterocycles. The van der Waals surface area contributed by atoms with Gasteiger partial charge in [-0.1, -0.05) is 19.1 Å². The van der Waals surface area contributed by atoms with Crippen molar-refractivity contribution in [2.75, 3.05) is 0 Å². The molecule has 0 saturated carbocycles. The van der Waals surface area contributed by atoms with Crippen LogP contribution in [0.5, 0.6) is 5.75 Å². The van der Waals surface area contributed by atoms with Crippen molar-refractivity contribution in [3.8, 4) is 11.8 Å². The highest BCUT2D eigenvalue weighted by Crippen LogP contribution is 2.13. The van der Waals surface area contributed by atoms with Gasteiger partial charge in [0.15, 0.2) is 6.10 Å². The van der Waals surface area contributed by atoms with Crippen LogP contribution < -0.4 is 10.2 Å². The molecule has 6 heteroatoms. The third-order valence-corrected chi connectivity index (χ3v) is 3.48. The molecule has 0 radical (unpaired) electrons. The van der Waals surface area contributed by atoms with Gasteiger partial charge in [-0.15, -0.1) is 0 Å². The van der Waals surface area contributed by atoms with E-state index in [4.69, 9.17) is 10.00 Å². The molecule has 0 fully saturated rings. The Morgan fingerprint density at radius 1 is 1.24 bits per heavy atom. The SMILES string of the molecule is CC/C(=N\NC(=O)C(C)Oc1ccc(C#N)cc1)c1ccc(F)cc1. The number of ether oxygens (including phenoxy) is 1. The summed E-state index contributed by atoms with van der Waals surface area (Å²) in [5, 5.41) is 12.9. The third kappa shape index (κ3) is 5.15. The number of hydrazone groups is 1. The molecular formula is C19H18FN3O2. The Labute approximate surface area is 145 Å². The average Bonchev–Trinajstić information content (AvgIpc) is 2.64. The molecular weight excluding hydrogens is 321 g/mol. The molecule has 0 heterocycles. The van der Waals surface area contributed by atoms with Crippen molar-refractivity contribution in [3.63, 3.8) is 0 Å². The van der Waals surface area contributed by atoms with Crippen LogP contribution in [0.25, 0.3) is 0 Å². The van der Waals surface area contributed by atoms with Crippen LogP contribution in [0.4, 0.5) is 4.39 Å². The molecule has 0 aliphatic heterocycles. The second-order valence-corrected chi connectivity index (χ2v) is 5.29. The van der Waals surface area contributed by atoms with Crippen molar-refractivity contribution in [1.29, 1.82) is 5.26 Å². The Bertz CT molecular complexity index is 793. The first-order chi connectivity index (χ1) is 12.0. The second-order valence-electron chi connectivity index (χ2n) is 5.29. The van der Waals surface area contributed by atoms with Crippen molar-refractivity contribution >= 4 is 11.6 Å². The van der Waals surface area contributed by atoms with E-state index < -0.39 is 12.0 Å². The number of rotatable bonds is 6. The number of carbonyl (C=O) groups excluding carboxylic acids is 1. The van der Waals surface area contributed by atoms with Crippen molar-refractivity contribution in [1.82, 2.24) is 5.43 Å². The number of hydrogen-bond acceptors (Lipinski definition) is 4. The lowest BCUT2D eigenvalue weighted by atomic mass is 10.1. The molecule has 2 aromatic rings. The van der Waals surface area contributed by atoms with Gasteiger partial charge in [-0.25, -0.2) is 9.82 Å². The molecule has 128 valence electrons. The standard InChI is InChI=1S/C19H18FN3O2/c1-3-18(15-6-8-16(20)9-7-15)22-23-19(24)13(2)25-17-10-4-14(12-21)5-11-17/h4-11,13H,3H2,1-2H3,(H,23,24)/b22-18+. The van der Waals surface area contributed by atoms with E-state index in [1.54, 1.807) is 43.3 Å². The molecule has 5 nitrogen and oxygen atoms in total. The van der Waals surface area contributed by atoms with Crippen LogP contribution in [0.15, 0.2) is 53.6 Å². The molecule has 0 aliphatic carbocycles. The number of halogens is 1. The predicted molar refractivity (Wildman–Crippen MR) is 92.6 cm³/mol. The normalized spacial score (nSPS) is 12.2. The monoisotopic (exact) mass is 339 g/mol. The minimum atomic E-state index is -0.761. The van der Waals surface area contributed by atoms with Crippen LogP contribution in [0, 0.1) is 17.1 Å².